The summed E-state index contributed by atoms with van der Waals surface area (Å²) in [5, 5.41) is 9.84. The maximum atomic E-state index is 11.8. The van der Waals surface area contributed by atoms with Crippen molar-refractivity contribution in [2.75, 3.05) is 47.5 Å². The molecule has 0 spiro atoms. The lowest BCUT2D eigenvalue weighted by molar-refractivity contribution is -0.870. The van der Waals surface area contributed by atoms with E-state index in [0.717, 1.165) is 19.3 Å². The first-order valence-electron chi connectivity index (χ1n) is 14.8. The van der Waals surface area contributed by atoms with Crippen LogP contribution in [0.1, 0.15) is 122 Å². The molecule has 0 aliphatic carbocycles. The number of phosphoric ester groups is 1. The Labute approximate surface area is 239 Å². The second-order valence-corrected chi connectivity index (χ2v) is 12.8. The van der Waals surface area contributed by atoms with Crippen LogP contribution >= 0.6 is 7.82 Å². The van der Waals surface area contributed by atoms with E-state index in [1.54, 1.807) is 0 Å². The fourth-order valence-corrected chi connectivity index (χ4v) is 4.70. The number of hydrogen-bond acceptors (Lipinski definition) is 6. The predicted molar refractivity (Wildman–Crippen MR) is 150 cm³/mol. The van der Waals surface area contributed by atoms with Gasteiger partial charge in [-0.3, -0.25) is 13.8 Å². The van der Waals surface area contributed by atoms with Gasteiger partial charge in [-0.1, -0.05) is 110 Å². The summed E-state index contributed by atoms with van der Waals surface area (Å²) in [6.45, 7) is 2.15. The molecule has 0 aliphatic rings. The third-order valence-electron chi connectivity index (χ3n) is 6.37. The second kappa shape index (κ2) is 25.7. The van der Waals surface area contributed by atoms with Crippen molar-refractivity contribution in [3.05, 3.63) is 0 Å². The van der Waals surface area contributed by atoms with E-state index in [4.69, 9.17) is 13.8 Å². The van der Waals surface area contributed by atoms with Gasteiger partial charge in [-0.25, -0.2) is 4.57 Å². The number of nitrogens with zero attached hydrogens (tertiary/aromatic N) is 1. The molecule has 0 aromatic rings. The Bertz CT molecular complexity index is 590. The van der Waals surface area contributed by atoms with Crippen LogP contribution in [-0.2, 0) is 23.1 Å². The van der Waals surface area contributed by atoms with E-state index in [9.17, 15) is 19.4 Å². The van der Waals surface area contributed by atoms with E-state index in [0.29, 0.717) is 17.4 Å². The molecule has 10 heteroatoms. The number of quaternary nitrogens is 1. The van der Waals surface area contributed by atoms with Gasteiger partial charge in [-0.05, 0) is 6.42 Å². The van der Waals surface area contributed by atoms with Crippen LogP contribution in [0.15, 0.2) is 0 Å². The van der Waals surface area contributed by atoms with Crippen LogP contribution in [0, 0.1) is 0 Å². The quantitative estimate of drug-likeness (QED) is 0.0653. The van der Waals surface area contributed by atoms with Gasteiger partial charge in [0.15, 0.2) is 0 Å². The number of phosphoric acid groups is 1. The van der Waals surface area contributed by atoms with Gasteiger partial charge in [0, 0.05) is 6.42 Å². The molecule has 38 heavy (non-hydrogen) atoms. The summed E-state index contributed by atoms with van der Waals surface area (Å²) < 4.78 is 27.1. The number of aliphatic hydroxyl groups excluding tert-OH is 1. The standard InChI is InChI=1S/C28H58NO7P.ClH/c1-5-6-7-8-9-10-11-12-13-14-15-16-17-18-19-20-21-22-28(31)34-25-27(30)26-36-37(32,33)35-24-23-29(2,3)4;/h27,30H,5-26H2,1-4H3;1H/t27-;/m1./s1. The van der Waals surface area contributed by atoms with Crippen molar-refractivity contribution in [1.29, 1.82) is 0 Å². The van der Waals surface area contributed by atoms with Crippen LogP contribution in [0.2, 0.25) is 0 Å². The molecule has 0 saturated heterocycles. The Morgan fingerprint density at radius 2 is 1.16 bits per heavy atom. The first kappa shape index (κ1) is 39.9. The third-order valence-corrected chi connectivity index (χ3v) is 7.35. The minimum Gasteiger partial charge on any atom is -1.00 e. The Morgan fingerprint density at radius 3 is 1.58 bits per heavy atom. The van der Waals surface area contributed by atoms with Crippen LogP contribution in [0.5, 0.6) is 0 Å². The number of carbonyl (C=O) groups is 1. The highest BCUT2D eigenvalue weighted by atomic mass is 35.5. The van der Waals surface area contributed by atoms with Gasteiger partial charge in [-0.15, -0.1) is 0 Å². The molecule has 0 rings (SSSR count). The molecule has 0 amide bonds. The average Bonchev–Trinajstić information content (AvgIpc) is 2.82. The summed E-state index contributed by atoms with van der Waals surface area (Å²) >= 11 is 0. The zero-order chi connectivity index (χ0) is 27.8. The number of aliphatic hydroxyl groups is 1. The molecule has 2 N–H and O–H groups in total. The number of rotatable bonds is 27. The molecular weight excluding hydrogens is 529 g/mol. The Balaban J connectivity index is 0. The number of halogens is 1. The minimum absolute atomic E-state index is 0. The highest BCUT2D eigenvalue weighted by Crippen LogP contribution is 2.43. The molecule has 0 aromatic heterocycles. The maximum absolute atomic E-state index is 11.8. The van der Waals surface area contributed by atoms with Gasteiger partial charge in [-0.2, -0.15) is 0 Å². The first-order valence-corrected chi connectivity index (χ1v) is 16.3. The highest BCUT2D eigenvalue weighted by Gasteiger charge is 2.24. The fourth-order valence-electron chi connectivity index (χ4n) is 3.95. The lowest BCUT2D eigenvalue weighted by Gasteiger charge is -2.24. The van der Waals surface area contributed by atoms with E-state index in [1.165, 1.54) is 89.9 Å². The predicted octanol–water partition coefficient (Wildman–Crippen LogP) is 3.78. The fraction of sp³-hybridized carbons (Fsp3) is 0.964. The van der Waals surface area contributed by atoms with Crippen LogP contribution < -0.4 is 12.4 Å². The highest BCUT2D eigenvalue weighted by molar-refractivity contribution is 7.47. The molecule has 0 saturated carbocycles. The Morgan fingerprint density at radius 1 is 0.737 bits per heavy atom. The van der Waals surface area contributed by atoms with Crippen LogP contribution in [0.25, 0.3) is 0 Å². The van der Waals surface area contributed by atoms with Gasteiger partial charge in [0.05, 0.1) is 27.7 Å². The number of ether oxygens (including phenoxy) is 1. The Hall–Kier alpha value is -0.210. The molecular formula is C28H59ClNO7P. The molecule has 0 radical (unpaired) electrons. The van der Waals surface area contributed by atoms with Crippen LogP contribution in [0.4, 0.5) is 0 Å². The largest absolute Gasteiger partial charge is 1.00 e. The van der Waals surface area contributed by atoms with Crippen molar-refractivity contribution < 1.29 is 50.0 Å². The molecule has 230 valence electrons. The van der Waals surface area contributed by atoms with E-state index in [2.05, 4.69) is 6.92 Å². The van der Waals surface area contributed by atoms with Crippen molar-refractivity contribution in [2.24, 2.45) is 0 Å². The summed E-state index contributed by atoms with van der Waals surface area (Å²) in [5.41, 5.74) is 0. The van der Waals surface area contributed by atoms with Gasteiger partial charge in [0.1, 0.15) is 25.9 Å². The lowest BCUT2D eigenvalue weighted by Crippen LogP contribution is -3.00. The topological polar surface area (TPSA) is 102 Å². The number of hydrogen-bond donors (Lipinski definition) is 2. The molecule has 1 unspecified atom stereocenters. The summed E-state index contributed by atoms with van der Waals surface area (Å²) in [5.74, 6) is -0.369. The summed E-state index contributed by atoms with van der Waals surface area (Å²) in [7, 11) is 1.57. The van der Waals surface area contributed by atoms with Crippen LogP contribution in [0.3, 0.4) is 0 Å². The van der Waals surface area contributed by atoms with Gasteiger partial charge >= 0.3 is 13.8 Å². The second-order valence-electron chi connectivity index (χ2n) is 11.4. The van der Waals surface area contributed by atoms with Crippen molar-refractivity contribution in [1.82, 2.24) is 0 Å². The van der Waals surface area contributed by atoms with Gasteiger partial charge in [0.25, 0.3) is 0 Å². The van der Waals surface area contributed by atoms with Crippen molar-refractivity contribution in [3.8, 4) is 0 Å². The van der Waals surface area contributed by atoms with E-state index >= 15 is 0 Å². The summed E-state index contributed by atoms with van der Waals surface area (Å²) in [4.78, 5) is 21.5. The monoisotopic (exact) mass is 587 g/mol. The average molecular weight is 588 g/mol. The molecule has 0 fully saturated rings. The summed E-state index contributed by atoms with van der Waals surface area (Å²) in [6, 6.07) is 0. The molecule has 0 aromatic carbocycles. The number of unbranched alkanes of at least 4 members (excludes halogenated alkanes) is 16. The molecule has 8 nitrogen and oxygen atoms in total. The summed E-state index contributed by atoms with van der Waals surface area (Å²) in [6.07, 6.45) is 21.0. The van der Waals surface area contributed by atoms with E-state index < -0.39 is 20.5 Å². The van der Waals surface area contributed by atoms with Crippen LogP contribution in [-0.4, -0.2) is 74.1 Å². The minimum atomic E-state index is -4.24. The number of esters is 1. The first-order chi connectivity index (χ1) is 17.6. The van der Waals surface area contributed by atoms with Gasteiger partial charge in [0.2, 0.25) is 0 Å². The van der Waals surface area contributed by atoms with E-state index in [1.807, 2.05) is 21.1 Å². The lowest BCUT2D eigenvalue weighted by atomic mass is 10.0. The van der Waals surface area contributed by atoms with Crippen molar-refractivity contribution in [2.45, 2.75) is 129 Å². The molecule has 0 heterocycles. The third kappa shape index (κ3) is 30.3. The Kier molecular flexibility index (Phi) is 27.0. The zero-order valence-corrected chi connectivity index (χ0v) is 26.5. The number of carbonyl (C=O) groups excluding carboxylic acids is 1. The van der Waals surface area contributed by atoms with Gasteiger partial charge < -0.3 is 31.6 Å². The maximum Gasteiger partial charge on any atom is 0.472 e. The molecule has 0 aliphatic heterocycles. The molecule has 0 bridgehead atoms. The number of likely N-dealkylation sites (N-methyl/N-ethyl adjacent to an activating group) is 1. The van der Waals surface area contributed by atoms with E-state index in [-0.39, 0.29) is 31.6 Å². The zero-order valence-electron chi connectivity index (χ0n) is 24.8. The molecule has 2 atom stereocenters. The smallest absolute Gasteiger partial charge is 0.472 e. The van der Waals surface area contributed by atoms with Crippen molar-refractivity contribution >= 4 is 13.8 Å². The van der Waals surface area contributed by atoms with Crippen molar-refractivity contribution in [3.63, 3.8) is 0 Å². The SMILES string of the molecule is CCCCCCCCCCCCCCCCCCCC(=O)OC[C@@H](O)COP(=O)(O)OCC[N+](C)(C)C.[Cl-]. The normalized spacial score (nSPS) is 14.1.